The Bertz CT molecular complexity index is 1070. The number of halogens is 3. The fourth-order valence-electron chi connectivity index (χ4n) is 2.38. The van der Waals surface area contributed by atoms with Crippen molar-refractivity contribution < 1.29 is 22.8 Å². The van der Waals surface area contributed by atoms with Crippen LogP contribution in [0, 0.1) is 6.92 Å². The van der Waals surface area contributed by atoms with Crippen molar-refractivity contribution >= 4 is 46.3 Å². The van der Waals surface area contributed by atoms with Crippen LogP contribution in [0.1, 0.15) is 20.9 Å². The van der Waals surface area contributed by atoms with Gasteiger partial charge in [0, 0.05) is 16.9 Å². The van der Waals surface area contributed by atoms with Crippen molar-refractivity contribution in [1.82, 2.24) is 10.2 Å². The molecule has 0 aliphatic heterocycles. The van der Waals surface area contributed by atoms with Gasteiger partial charge in [-0.3, -0.25) is 9.59 Å². The number of nitrogens with one attached hydrogen (secondary N) is 2. The first-order chi connectivity index (χ1) is 14.2. The number of anilines is 2. The second-order valence-electron chi connectivity index (χ2n) is 6.04. The van der Waals surface area contributed by atoms with Crippen LogP contribution in [0.3, 0.4) is 0 Å². The molecule has 0 aliphatic rings. The molecule has 0 fully saturated rings. The standard InChI is InChI=1S/C19H15F3N4O2S2/c1-11-25-26-18(30-11)29-10-16(27)23-14-6-2-4-12(8-14)17(28)24-15-7-3-5-13(9-15)19(20,21)22/h2-9H,10H2,1H3,(H,23,27)(H,24,28). The van der Waals surface area contributed by atoms with E-state index in [4.69, 9.17) is 0 Å². The van der Waals surface area contributed by atoms with Crippen molar-refractivity contribution in [3.8, 4) is 0 Å². The predicted molar refractivity (Wildman–Crippen MR) is 110 cm³/mol. The Balaban J connectivity index is 1.61. The number of carbonyl (C=O) groups excluding carboxylic acids is 2. The highest BCUT2D eigenvalue weighted by molar-refractivity contribution is 8.01. The summed E-state index contributed by atoms with van der Waals surface area (Å²) in [4.78, 5) is 24.5. The lowest BCUT2D eigenvalue weighted by atomic mass is 10.1. The van der Waals surface area contributed by atoms with E-state index < -0.39 is 17.6 Å². The van der Waals surface area contributed by atoms with Crippen LogP contribution in [0.4, 0.5) is 24.5 Å². The highest BCUT2D eigenvalue weighted by atomic mass is 32.2. The van der Waals surface area contributed by atoms with Crippen LogP contribution in [0.2, 0.25) is 0 Å². The van der Waals surface area contributed by atoms with Crippen LogP contribution in [0.5, 0.6) is 0 Å². The average molecular weight is 452 g/mol. The summed E-state index contributed by atoms with van der Waals surface area (Å²) >= 11 is 2.63. The fraction of sp³-hybridized carbons (Fsp3) is 0.158. The van der Waals surface area contributed by atoms with E-state index in [2.05, 4.69) is 20.8 Å². The number of alkyl halides is 3. The van der Waals surface area contributed by atoms with Crippen LogP contribution in [-0.4, -0.2) is 27.8 Å². The van der Waals surface area contributed by atoms with Gasteiger partial charge in [0.05, 0.1) is 11.3 Å². The number of aromatic nitrogens is 2. The van der Waals surface area contributed by atoms with Gasteiger partial charge in [0.1, 0.15) is 5.01 Å². The van der Waals surface area contributed by atoms with E-state index in [9.17, 15) is 22.8 Å². The molecule has 0 aliphatic carbocycles. The summed E-state index contributed by atoms with van der Waals surface area (Å²) in [6, 6.07) is 10.5. The van der Waals surface area contributed by atoms with Gasteiger partial charge in [-0.2, -0.15) is 13.2 Å². The van der Waals surface area contributed by atoms with Crippen molar-refractivity contribution in [1.29, 1.82) is 0 Å². The lowest BCUT2D eigenvalue weighted by molar-refractivity contribution is -0.137. The van der Waals surface area contributed by atoms with Gasteiger partial charge >= 0.3 is 6.18 Å². The summed E-state index contributed by atoms with van der Waals surface area (Å²) in [6.45, 7) is 1.82. The van der Waals surface area contributed by atoms with Gasteiger partial charge in [-0.15, -0.1) is 10.2 Å². The van der Waals surface area contributed by atoms with Gasteiger partial charge in [0.15, 0.2) is 4.34 Å². The monoisotopic (exact) mass is 452 g/mol. The summed E-state index contributed by atoms with van der Waals surface area (Å²) in [5.74, 6) is -0.762. The van der Waals surface area contributed by atoms with E-state index in [1.807, 2.05) is 6.92 Å². The first-order valence-electron chi connectivity index (χ1n) is 8.52. The molecule has 2 aromatic carbocycles. The maximum absolute atomic E-state index is 12.8. The third kappa shape index (κ3) is 6.04. The van der Waals surface area contributed by atoms with Gasteiger partial charge in [-0.25, -0.2) is 0 Å². The summed E-state index contributed by atoms with van der Waals surface area (Å²) < 4.78 is 39.1. The van der Waals surface area contributed by atoms with Crippen LogP contribution in [-0.2, 0) is 11.0 Å². The molecule has 2 N–H and O–H groups in total. The zero-order valence-electron chi connectivity index (χ0n) is 15.5. The van der Waals surface area contributed by atoms with E-state index in [-0.39, 0.29) is 22.9 Å². The van der Waals surface area contributed by atoms with Gasteiger partial charge < -0.3 is 10.6 Å². The lowest BCUT2D eigenvalue weighted by Gasteiger charge is -2.11. The van der Waals surface area contributed by atoms with Crippen molar-refractivity contribution in [2.24, 2.45) is 0 Å². The molecule has 11 heteroatoms. The molecule has 1 heterocycles. The summed E-state index contributed by atoms with van der Waals surface area (Å²) in [6.07, 6.45) is -4.50. The van der Waals surface area contributed by atoms with Crippen molar-refractivity contribution in [3.05, 3.63) is 64.7 Å². The zero-order valence-corrected chi connectivity index (χ0v) is 17.1. The first kappa shape index (κ1) is 21.8. The molecule has 0 saturated carbocycles. The molecule has 0 atom stereocenters. The minimum Gasteiger partial charge on any atom is -0.325 e. The average Bonchev–Trinajstić information content (AvgIpc) is 3.11. The number of nitrogens with zero attached hydrogens (tertiary/aromatic N) is 2. The smallest absolute Gasteiger partial charge is 0.325 e. The number of aryl methyl sites for hydroxylation is 1. The molecule has 3 aromatic rings. The van der Waals surface area contributed by atoms with Crippen LogP contribution >= 0.6 is 23.1 Å². The second-order valence-corrected chi connectivity index (χ2v) is 8.44. The molecule has 6 nitrogen and oxygen atoms in total. The Morgan fingerprint density at radius 3 is 2.40 bits per heavy atom. The predicted octanol–water partition coefficient (Wildman–Crippen LogP) is 4.85. The molecule has 0 radical (unpaired) electrons. The van der Waals surface area contributed by atoms with Crippen molar-refractivity contribution in [3.63, 3.8) is 0 Å². The SMILES string of the molecule is Cc1nnc(SCC(=O)Nc2cccc(C(=O)Nc3cccc(C(F)(F)F)c3)c2)s1. The molecule has 0 unspecified atom stereocenters. The van der Waals surface area contributed by atoms with Gasteiger partial charge in [-0.1, -0.05) is 35.2 Å². The number of thioether (sulfide) groups is 1. The summed E-state index contributed by atoms with van der Waals surface area (Å²) in [5, 5.41) is 13.7. The molecule has 1 aromatic heterocycles. The largest absolute Gasteiger partial charge is 0.416 e. The Hall–Kier alpha value is -2.92. The minimum absolute atomic E-state index is 0.0213. The number of hydrogen-bond acceptors (Lipinski definition) is 6. The molecule has 156 valence electrons. The second kappa shape index (κ2) is 9.26. The van der Waals surface area contributed by atoms with Crippen molar-refractivity contribution in [2.75, 3.05) is 16.4 Å². The number of benzene rings is 2. The van der Waals surface area contributed by atoms with Crippen molar-refractivity contribution in [2.45, 2.75) is 17.4 Å². The van der Waals surface area contributed by atoms with Gasteiger partial charge in [0.25, 0.3) is 5.91 Å². The third-order valence-electron chi connectivity index (χ3n) is 3.69. The molecule has 2 amide bonds. The highest BCUT2D eigenvalue weighted by Gasteiger charge is 2.30. The first-order valence-corrected chi connectivity index (χ1v) is 10.3. The normalized spacial score (nSPS) is 11.2. The van der Waals surface area contributed by atoms with Crippen LogP contribution in [0.15, 0.2) is 52.9 Å². The molecular weight excluding hydrogens is 437 g/mol. The number of amides is 2. The van der Waals surface area contributed by atoms with Gasteiger partial charge in [-0.05, 0) is 43.3 Å². The summed E-state index contributed by atoms with van der Waals surface area (Å²) in [5.41, 5.74) is -0.249. The van der Waals surface area contributed by atoms with E-state index in [0.29, 0.717) is 10.0 Å². The molecule has 0 spiro atoms. The minimum atomic E-state index is -4.50. The van der Waals surface area contributed by atoms with E-state index in [1.165, 1.54) is 47.4 Å². The van der Waals surface area contributed by atoms with Gasteiger partial charge in [0.2, 0.25) is 5.91 Å². The molecule has 0 bridgehead atoms. The fourth-order valence-corrected chi connectivity index (χ4v) is 3.99. The summed E-state index contributed by atoms with van der Waals surface area (Å²) in [7, 11) is 0. The van der Waals surface area contributed by atoms with Crippen LogP contribution in [0.25, 0.3) is 0 Å². The Morgan fingerprint density at radius 1 is 1.03 bits per heavy atom. The number of rotatable bonds is 6. The maximum Gasteiger partial charge on any atom is 0.416 e. The Labute approximate surface area is 177 Å². The van der Waals surface area contributed by atoms with E-state index in [0.717, 1.165) is 17.1 Å². The number of carbonyl (C=O) groups is 2. The molecule has 3 rings (SSSR count). The zero-order chi connectivity index (χ0) is 21.7. The Kier molecular flexibility index (Phi) is 6.73. The van der Waals surface area contributed by atoms with E-state index in [1.54, 1.807) is 12.1 Å². The topological polar surface area (TPSA) is 84.0 Å². The van der Waals surface area contributed by atoms with E-state index >= 15 is 0 Å². The molecule has 30 heavy (non-hydrogen) atoms. The molecular formula is C19H15F3N4O2S2. The lowest BCUT2D eigenvalue weighted by Crippen LogP contribution is -2.16. The number of hydrogen-bond donors (Lipinski definition) is 2. The Morgan fingerprint density at radius 2 is 1.73 bits per heavy atom. The highest BCUT2D eigenvalue weighted by Crippen LogP contribution is 2.30. The third-order valence-corrected chi connectivity index (χ3v) is 5.66. The van der Waals surface area contributed by atoms with Crippen LogP contribution < -0.4 is 10.6 Å². The quantitative estimate of drug-likeness (QED) is 0.523. The molecule has 0 saturated heterocycles. The maximum atomic E-state index is 12.8.